The van der Waals surface area contributed by atoms with Crippen LogP contribution in [0, 0.1) is 5.92 Å². The van der Waals surface area contributed by atoms with Crippen LogP contribution in [0.4, 0.5) is 0 Å². The molecule has 1 fully saturated rings. The number of halogens is 1. The molecule has 0 aromatic heterocycles. The van der Waals surface area contributed by atoms with Crippen molar-refractivity contribution in [2.75, 3.05) is 21.3 Å². The third-order valence-corrected chi connectivity index (χ3v) is 4.07. The lowest BCUT2D eigenvalue weighted by molar-refractivity contribution is 0.0412. The van der Waals surface area contributed by atoms with Gasteiger partial charge >= 0.3 is 0 Å². The monoisotopic (exact) mass is 317 g/mol. The molecule has 0 unspecified atom stereocenters. The number of methoxy groups -OCH3 is 3. The van der Waals surface area contributed by atoms with Gasteiger partial charge < -0.3 is 25.1 Å². The molecule has 0 saturated heterocycles. The minimum Gasteiger partial charge on any atom is -0.493 e. The molecule has 5 nitrogen and oxygen atoms in total. The van der Waals surface area contributed by atoms with E-state index in [0.29, 0.717) is 23.2 Å². The van der Waals surface area contributed by atoms with Gasteiger partial charge in [-0.3, -0.25) is 0 Å². The molecule has 0 radical (unpaired) electrons. The van der Waals surface area contributed by atoms with Gasteiger partial charge in [0, 0.05) is 0 Å². The van der Waals surface area contributed by atoms with Gasteiger partial charge in [0.15, 0.2) is 11.5 Å². The van der Waals surface area contributed by atoms with Gasteiger partial charge in [-0.15, -0.1) is 12.4 Å². The van der Waals surface area contributed by atoms with Crippen molar-refractivity contribution in [3.05, 3.63) is 17.7 Å². The second-order valence-corrected chi connectivity index (χ2v) is 5.17. The molecular formula is C15H24ClNO4. The van der Waals surface area contributed by atoms with E-state index < -0.39 is 12.1 Å². The first-order valence-corrected chi connectivity index (χ1v) is 6.86. The van der Waals surface area contributed by atoms with Crippen LogP contribution < -0.4 is 19.9 Å². The van der Waals surface area contributed by atoms with Crippen LogP contribution in [0.15, 0.2) is 12.1 Å². The normalized spacial score (nSPS) is 17.2. The van der Waals surface area contributed by atoms with Crippen molar-refractivity contribution in [3.63, 3.8) is 0 Å². The van der Waals surface area contributed by atoms with Crippen LogP contribution in [0.25, 0.3) is 0 Å². The molecule has 120 valence electrons. The quantitative estimate of drug-likeness (QED) is 0.842. The van der Waals surface area contributed by atoms with Gasteiger partial charge in [0.1, 0.15) is 0 Å². The fourth-order valence-corrected chi connectivity index (χ4v) is 2.57. The molecule has 3 N–H and O–H groups in total. The van der Waals surface area contributed by atoms with E-state index in [1.54, 1.807) is 33.5 Å². The number of nitrogens with two attached hydrogens (primary N) is 1. The summed E-state index contributed by atoms with van der Waals surface area (Å²) in [4.78, 5) is 0. The smallest absolute Gasteiger partial charge is 0.203 e. The number of hydrogen-bond acceptors (Lipinski definition) is 5. The largest absolute Gasteiger partial charge is 0.493 e. The standard InChI is InChI=1S/C15H23NO4.ClH/c1-18-11-7-10(8-12(19-2)15(11)20-3)13(16)14(17)9-5-4-6-9;/h7-9,13-14,17H,4-6,16H2,1-3H3;1H/t13-,14+;/m1./s1. The Kier molecular flexibility index (Phi) is 6.58. The minimum atomic E-state index is -0.536. The summed E-state index contributed by atoms with van der Waals surface area (Å²) in [6.45, 7) is 0. The molecule has 1 aliphatic rings. The summed E-state index contributed by atoms with van der Waals surface area (Å²) in [6.07, 6.45) is 2.72. The summed E-state index contributed by atoms with van der Waals surface area (Å²) in [5, 5.41) is 10.3. The zero-order valence-electron chi connectivity index (χ0n) is 12.7. The molecule has 0 amide bonds. The van der Waals surface area contributed by atoms with Gasteiger partial charge in [-0.25, -0.2) is 0 Å². The van der Waals surface area contributed by atoms with E-state index >= 15 is 0 Å². The van der Waals surface area contributed by atoms with E-state index in [-0.39, 0.29) is 12.4 Å². The molecule has 1 aliphatic carbocycles. The van der Waals surface area contributed by atoms with Crippen molar-refractivity contribution in [3.8, 4) is 17.2 Å². The number of aliphatic hydroxyl groups excluding tert-OH is 1. The topological polar surface area (TPSA) is 73.9 Å². The maximum Gasteiger partial charge on any atom is 0.203 e. The van der Waals surface area contributed by atoms with E-state index in [1.807, 2.05) is 0 Å². The van der Waals surface area contributed by atoms with Gasteiger partial charge in [0.25, 0.3) is 0 Å². The van der Waals surface area contributed by atoms with Crippen LogP contribution in [0.1, 0.15) is 30.9 Å². The van der Waals surface area contributed by atoms with Crippen molar-refractivity contribution >= 4 is 12.4 Å². The summed E-state index contributed by atoms with van der Waals surface area (Å²) >= 11 is 0. The van der Waals surface area contributed by atoms with E-state index in [4.69, 9.17) is 19.9 Å². The number of rotatable bonds is 6. The van der Waals surface area contributed by atoms with Crippen molar-refractivity contribution in [2.24, 2.45) is 11.7 Å². The highest BCUT2D eigenvalue weighted by Gasteiger charge is 2.31. The third-order valence-electron chi connectivity index (χ3n) is 4.07. The minimum absolute atomic E-state index is 0. The Morgan fingerprint density at radius 3 is 1.95 bits per heavy atom. The van der Waals surface area contributed by atoms with Gasteiger partial charge in [-0.05, 0) is 36.5 Å². The van der Waals surface area contributed by atoms with Crippen LogP contribution in [-0.4, -0.2) is 32.5 Å². The molecule has 1 aromatic carbocycles. The average Bonchev–Trinajstić information content (AvgIpc) is 2.42. The van der Waals surface area contributed by atoms with E-state index in [1.165, 1.54) is 6.42 Å². The number of aliphatic hydroxyl groups is 1. The van der Waals surface area contributed by atoms with Gasteiger partial charge in [-0.2, -0.15) is 0 Å². The molecule has 2 rings (SSSR count). The number of ether oxygens (including phenoxy) is 3. The summed E-state index contributed by atoms with van der Waals surface area (Å²) < 4.78 is 15.9. The fourth-order valence-electron chi connectivity index (χ4n) is 2.57. The highest BCUT2D eigenvalue weighted by atomic mass is 35.5. The molecular weight excluding hydrogens is 294 g/mol. The van der Waals surface area contributed by atoms with Crippen LogP contribution in [0.5, 0.6) is 17.2 Å². The van der Waals surface area contributed by atoms with E-state index in [9.17, 15) is 5.11 Å². The molecule has 0 heterocycles. The Labute approximate surface area is 131 Å². The number of hydrogen-bond donors (Lipinski definition) is 2. The predicted molar refractivity (Wildman–Crippen MR) is 83.6 cm³/mol. The Balaban J connectivity index is 0.00000220. The van der Waals surface area contributed by atoms with Crippen LogP contribution >= 0.6 is 12.4 Å². The molecule has 1 saturated carbocycles. The second-order valence-electron chi connectivity index (χ2n) is 5.17. The zero-order chi connectivity index (χ0) is 14.7. The maximum absolute atomic E-state index is 10.3. The van der Waals surface area contributed by atoms with Gasteiger partial charge in [0.2, 0.25) is 5.75 Å². The predicted octanol–water partition coefficient (Wildman–Crippen LogP) is 2.30. The Morgan fingerprint density at radius 2 is 1.62 bits per heavy atom. The van der Waals surface area contributed by atoms with E-state index in [0.717, 1.165) is 18.4 Å². The Hall–Kier alpha value is -1.17. The fraction of sp³-hybridized carbons (Fsp3) is 0.600. The molecule has 2 atom stereocenters. The first-order valence-electron chi connectivity index (χ1n) is 6.86. The second kappa shape index (κ2) is 7.73. The lowest BCUT2D eigenvalue weighted by Gasteiger charge is -2.34. The van der Waals surface area contributed by atoms with Gasteiger partial charge in [-0.1, -0.05) is 6.42 Å². The molecule has 1 aromatic rings. The summed E-state index contributed by atoms with van der Waals surface area (Å²) in [5.41, 5.74) is 6.98. The van der Waals surface area contributed by atoms with Crippen molar-refractivity contribution in [1.82, 2.24) is 0 Å². The highest BCUT2D eigenvalue weighted by Crippen LogP contribution is 2.41. The lowest BCUT2D eigenvalue weighted by atomic mass is 9.77. The van der Waals surface area contributed by atoms with Crippen molar-refractivity contribution in [1.29, 1.82) is 0 Å². The van der Waals surface area contributed by atoms with Gasteiger partial charge in [0.05, 0.1) is 33.5 Å². The van der Waals surface area contributed by atoms with Crippen LogP contribution in [0.2, 0.25) is 0 Å². The molecule has 0 aliphatic heterocycles. The Bertz CT molecular complexity index is 440. The first-order chi connectivity index (χ1) is 9.62. The molecule has 6 heteroatoms. The zero-order valence-corrected chi connectivity index (χ0v) is 13.5. The summed E-state index contributed by atoms with van der Waals surface area (Å²) in [7, 11) is 4.69. The number of benzene rings is 1. The average molecular weight is 318 g/mol. The lowest BCUT2D eigenvalue weighted by Crippen LogP contribution is -2.36. The molecule has 21 heavy (non-hydrogen) atoms. The van der Waals surface area contributed by atoms with Crippen molar-refractivity contribution < 1.29 is 19.3 Å². The molecule has 0 spiro atoms. The molecule has 0 bridgehead atoms. The SMILES string of the molecule is COc1cc([C@@H](N)[C@@H](O)C2CCC2)cc(OC)c1OC.Cl. The first kappa shape index (κ1) is 17.9. The Morgan fingerprint density at radius 1 is 1.10 bits per heavy atom. The van der Waals surface area contributed by atoms with Crippen LogP contribution in [0.3, 0.4) is 0 Å². The summed E-state index contributed by atoms with van der Waals surface area (Å²) in [6, 6.07) is 3.15. The highest BCUT2D eigenvalue weighted by molar-refractivity contribution is 5.85. The third kappa shape index (κ3) is 3.54. The maximum atomic E-state index is 10.3. The van der Waals surface area contributed by atoms with Crippen molar-refractivity contribution in [2.45, 2.75) is 31.4 Å². The van der Waals surface area contributed by atoms with Crippen LogP contribution in [-0.2, 0) is 0 Å². The van der Waals surface area contributed by atoms with E-state index in [2.05, 4.69) is 0 Å². The summed E-state index contributed by atoms with van der Waals surface area (Å²) in [5.74, 6) is 1.93.